The van der Waals surface area contributed by atoms with Crippen LogP contribution in [0.4, 0.5) is 19.1 Å². The summed E-state index contributed by atoms with van der Waals surface area (Å²) in [5.41, 5.74) is 7.57. The molecule has 0 unspecified atom stereocenters. The van der Waals surface area contributed by atoms with Crippen molar-refractivity contribution in [1.29, 1.82) is 0 Å². The molecule has 0 radical (unpaired) electrons. The van der Waals surface area contributed by atoms with Crippen molar-refractivity contribution in [1.82, 2.24) is 9.47 Å². The number of aromatic nitrogens is 2. The summed E-state index contributed by atoms with van der Waals surface area (Å²) in [5, 5.41) is 0. The van der Waals surface area contributed by atoms with Crippen molar-refractivity contribution < 1.29 is 22.5 Å². The molecule has 3 rings (SSSR count). The molecule has 0 spiro atoms. The first-order chi connectivity index (χ1) is 14.3. The quantitative estimate of drug-likeness (QED) is 0.447. The van der Waals surface area contributed by atoms with Gasteiger partial charge in [-0.3, -0.25) is 10.5 Å². The number of Topliss-reactive ketones (excluding diaryl/α,β-unsaturated/α-hetero) is 1. The molecule has 8 heteroatoms. The number of hydrogen-bond acceptors (Lipinski definition) is 3. The molecule has 3 aromatic rings. The Kier molecular flexibility index (Phi) is 6.45. The maximum absolute atomic E-state index is 12.8. The molecule has 0 saturated carbocycles. The zero-order valence-electron chi connectivity index (χ0n) is 17.1. The summed E-state index contributed by atoms with van der Waals surface area (Å²) in [4.78, 5) is 15.0. The number of anilines is 1. The van der Waals surface area contributed by atoms with E-state index in [2.05, 4.69) is 18.7 Å². The van der Waals surface area contributed by atoms with Gasteiger partial charge in [-0.15, -0.1) is 0 Å². The highest BCUT2D eigenvalue weighted by atomic mass is 19.4. The lowest BCUT2D eigenvalue weighted by molar-refractivity contribution is -0.642. The van der Waals surface area contributed by atoms with E-state index in [1.54, 1.807) is 4.57 Å². The van der Waals surface area contributed by atoms with Gasteiger partial charge in [0, 0.05) is 12.1 Å². The second-order valence-electron chi connectivity index (χ2n) is 7.11. The number of carbonyl (C=O) groups excluding carboxylic acids is 1. The summed E-state index contributed by atoms with van der Waals surface area (Å²) in [5.74, 6) is 0.149. The molecular formula is C22H26F3N4O+. The topological polar surface area (TPSA) is 55.1 Å². The van der Waals surface area contributed by atoms with Crippen molar-refractivity contribution in [3.63, 3.8) is 0 Å². The normalized spacial score (nSPS) is 12.1. The Labute approximate surface area is 173 Å². The number of ketones is 1. The van der Waals surface area contributed by atoms with Crippen LogP contribution in [0.25, 0.3) is 11.0 Å². The minimum Gasteiger partial charge on any atom is -0.301 e. The van der Waals surface area contributed by atoms with Gasteiger partial charge in [-0.1, -0.05) is 38.1 Å². The number of rotatable bonds is 8. The van der Waals surface area contributed by atoms with E-state index in [-0.39, 0.29) is 17.9 Å². The van der Waals surface area contributed by atoms with E-state index >= 15 is 0 Å². The molecule has 0 atom stereocenters. The van der Waals surface area contributed by atoms with Crippen LogP contribution in [0.5, 0.6) is 0 Å². The first kappa shape index (κ1) is 21.8. The number of nitrogens with two attached hydrogens (primary N) is 1. The van der Waals surface area contributed by atoms with Gasteiger partial charge in [0.2, 0.25) is 0 Å². The summed E-state index contributed by atoms with van der Waals surface area (Å²) in [6, 6.07) is 11.9. The summed E-state index contributed by atoms with van der Waals surface area (Å²) < 4.78 is 42.0. The van der Waals surface area contributed by atoms with E-state index in [0.717, 1.165) is 42.8 Å². The minimum absolute atomic E-state index is 0.0457. The molecule has 2 N–H and O–H groups in total. The Hall–Kier alpha value is -2.87. The average molecular weight is 419 g/mol. The molecule has 1 heterocycles. The van der Waals surface area contributed by atoms with Gasteiger partial charge >= 0.3 is 12.1 Å². The highest BCUT2D eigenvalue weighted by Gasteiger charge is 2.30. The third kappa shape index (κ3) is 4.48. The van der Waals surface area contributed by atoms with E-state index in [1.807, 2.05) is 28.8 Å². The van der Waals surface area contributed by atoms with Gasteiger partial charge in [0.05, 0.1) is 12.1 Å². The number of nitrogen functional groups attached to an aromatic ring is 1. The zero-order chi connectivity index (χ0) is 21.9. The van der Waals surface area contributed by atoms with Crippen molar-refractivity contribution in [2.24, 2.45) is 0 Å². The van der Waals surface area contributed by atoms with Gasteiger partial charge < -0.3 is 4.90 Å². The lowest BCUT2D eigenvalue weighted by Crippen LogP contribution is -2.40. The predicted octanol–water partition coefficient (Wildman–Crippen LogP) is 3.75. The number of fused-ring (bicyclic) bond motifs is 1. The van der Waals surface area contributed by atoms with Crippen LogP contribution in [0.3, 0.4) is 0 Å². The zero-order valence-corrected chi connectivity index (χ0v) is 17.1. The molecular weight excluding hydrogens is 393 g/mol. The van der Waals surface area contributed by atoms with Crippen LogP contribution in [0.2, 0.25) is 0 Å². The second kappa shape index (κ2) is 8.87. The number of para-hydroxylation sites is 2. The monoisotopic (exact) mass is 419 g/mol. The first-order valence-electron chi connectivity index (χ1n) is 9.95. The highest BCUT2D eigenvalue weighted by molar-refractivity contribution is 5.95. The Morgan fingerprint density at radius 3 is 2.30 bits per heavy atom. The van der Waals surface area contributed by atoms with Crippen LogP contribution in [0.15, 0.2) is 48.5 Å². The molecule has 0 bridgehead atoms. The molecule has 2 aromatic carbocycles. The Balaban J connectivity index is 1.89. The first-order valence-corrected chi connectivity index (χ1v) is 9.95. The van der Waals surface area contributed by atoms with Crippen LogP contribution >= 0.6 is 0 Å². The summed E-state index contributed by atoms with van der Waals surface area (Å²) in [7, 11) is 0. The van der Waals surface area contributed by atoms with Crippen LogP contribution in [-0.4, -0.2) is 34.9 Å². The van der Waals surface area contributed by atoms with E-state index in [9.17, 15) is 18.0 Å². The second-order valence-corrected chi connectivity index (χ2v) is 7.11. The van der Waals surface area contributed by atoms with Gasteiger partial charge in [0.25, 0.3) is 0 Å². The van der Waals surface area contributed by atoms with Gasteiger partial charge in [0.1, 0.15) is 17.6 Å². The molecule has 0 aliphatic rings. The third-order valence-corrected chi connectivity index (χ3v) is 5.39. The van der Waals surface area contributed by atoms with Crippen molar-refractivity contribution in [2.45, 2.75) is 33.1 Å². The molecule has 0 amide bonds. The number of halogens is 3. The molecule has 160 valence electrons. The molecule has 1 aromatic heterocycles. The average Bonchev–Trinajstić information content (AvgIpc) is 2.99. The van der Waals surface area contributed by atoms with Gasteiger partial charge in [-0.2, -0.15) is 13.2 Å². The van der Waals surface area contributed by atoms with Gasteiger partial charge in [-0.25, -0.2) is 9.13 Å². The molecule has 0 aliphatic carbocycles. The van der Waals surface area contributed by atoms with Crippen molar-refractivity contribution >= 4 is 22.8 Å². The van der Waals surface area contributed by atoms with Crippen molar-refractivity contribution in [3.05, 3.63) is 59.7 Å². The Bertz CT molecular complexity index is 1020. The van der Waals surface area contributed by atoms with E-state index < -0.39 is 11.7 Å². The Morgan fingerprint density at radius 1 is 1.07 bits per heavy atom. The van der Waals surface area contributed by atoms with Crippen LogP contribution in [0, 0.1) is 0 Å². The predicted molar refractivity (Wildman–Crippen MR) is 110 cm³/mol. The number of imidazole rings is 1. The molecule has 0 aliphatic heterocycles. The fraction of sp³-hybridized carbons (Fsp3) is 0.364. The van der Waals surface area contributed by atoms with Crippen LogP contribution in [0.1, 0.15) is 29.8 Å². The molecule has 5 nitrogen and oxygen atoms in total. The summed E-state index contributed by atoms with van der Waals surface area (Å²) >= 11 is 0. The number of hydrogen-bond donors (Lipinski definition) is 1. The summed E-state index contributed by atoms with van der Waals surface area (Å²) in [6.07, 6.45) is -4.43. The van der Waals surface area contributed by atoms with Gasteiger partial charge in [0.15, 0.2) is 5.78 Å². The standard InChI is InChI=1S/C22H25F3N4O/c1-3-27(4-2)13-14-28-18-7-5-6-8-19(18)29(21(28)26)15-20(30)16-9-11-17(12-10-16)22(23,24)25/h5-12,26H,3-4,13-15H2,1-2H3/p+1. The Morgan fingerprint density at radius 2 is 1.70 bits per heavy atom. The van der Waals surface area contributed by atoms with E-state index in [0.29, 0.717) is 12.5 Å². The van der Waals surface area contributed by atoms with E-state index in [4.69, 9.17) is 5.73 Å². The number of likely N-dealkylation sites (N-methyl/N-ethyl adjacent to an activating group) is 1. The number of nitrogens with zero attached hydrogens (tertiary/aromatic N) is 3. The fourth-order valence-electron chi connectivity index (χ4n) is 3.58. The lowest BCUT2D eigenvalue weighted by atomic mass is 10.1. The summed E-state index contributed by atoms with van der Waals surface area (Å²) in [6.45, 7) is 7.52. The van der Waals surface area contributed by atoms with E-state index in [1.165, 1.54) is 12.1 Å². The number of benzene rings is 2. The minimum atomic E-state index is -4.43. The molecule has 0 saturated heterocycles. The van der Waals surface area contributed by atoms with Crippen molar-refractivity contribution in [2.75, 3.05) is 25.4 Å². The third-order valence-electron chi connectivity index (χ3n) is 5.39. The number of carbonyl (C=O) groups is 1. The maximum Gasteiger partial charge on any atom is 0.416 e. The molecule has 0 fully saturated rings. The van der Waals surface area contributed by atoms with Crippen LogP contribution in [-0.2, 0) is 19.3 Å². The largest absolute Gasteiger partial charge is 0.416 e. The maximum atomic E-state index is 12.8. The fourth-order valence-corrected chi connectivity index (χ4v) is 3.58. The highest BCUT2D eigenvalue weighted by Crippen LogP contribution is 2.29. The van der Waals surface area contributed by atoms with Crippen molar-refractivity contribution in [3.8, 4) is 0 Å². The smallest absolute Gasteiger partial charge is 0.301 e. The molecule has 30 heavy (non-hydrogen) atoms. The number of alkyl halides is 3. The van der Waals surface area contributed by atoms with Crippen LogP contribution < -0.4 is 10.3 Å². The SMILES string of the molecule is CCN(CC)CCn1c(N)[n+](CC(=O)c2ccc(C(F)(F)F)cc2)c2ccccc21. The lowest BCUT2D eigenvalue weighted by Gasteiger charge is -2.17. The van der Waals surface area contributed by atoms with Gasteiger partial charge in [-0.05, 0) is 37.4 Å².